The molecule has 1 atom stereocenters. The van der Waals surface area contributed by atoms with E-state index in [1.54, 1.807) is 0 Å². The van der Waals surface area contributed by atoms with Gasteiger partial charge < -0.3 is 0 Å². The molecule has 46 valence electrons. The van der Waals surface area contributed by atoms with Gasteiger partial charge in [0.15, 0.2) is 5.78 Å². The number of hydrogen-bond acceptors (Lipinski definition) is 2. The van der Waals surface area contributed by atoms with Gasteiger partial charge in [-0.2, -0.15) is 0 Å². The summed E-state index contributed by atoms with van der Waals surface area (Å²) in [5.74, 6) is 0.660. The molecule has 2 heteroatoms. The smallest absolute Gasteiger partial charge is 0.150 e. The maximum Gasteiger partial charge on any atom is 0.150 e. The summed E-state index contributed by atoms with van der Waals surface area (Å²) in [5.41, 5.74) is 0. The van der Waals surface area contributed by atoms with E-state index in [4.69, 9.17) is 0 Å². The van der Waals surface area contributed by atoms with Crippen LogP contribution in [0, 0.1) is 5.92 Å². The minimum atomic E-state index is 0.278. The Labute approximate surface area is 49.5 Å². The van der Waals surface area contributed by atoms with Gasteiger partial charge in [0.2, 0.25) is 0 Å². The average molecular weight is 113 g/mol. The molecule has 0 amide bonds. The molecule has 1 unspecified atom stereocenters. The summed E-state index contributed by atoms with van der Waals surface area (Å²) in [6.07, 6.45) is 0. The van der Waals surface area contributed by atoms with E-state index in [1.807, 2.05) is 18.9 Å². The molecule has 1 rings (SSSR count). The maximum atomic E-state index is 10.7. The lowest BCUT2D eigenvalue weighted by atomic mass is 10.1. The van der Waals surface area contributed by atoms with E-state index < -0.39 is 0 Å². The van der Waals surface area contributed by atoms with E-state index >= 15 is 0 Å². The Morgan fingerprint density at radius 3 is 2.50 bits per heavy atom. The fraction of sp³-hybridized carbons (Fsp3) is 0.833. The number of nitrogens with zero attached hydrogens (tertiary/aromatic N) is 1. The largest absolute Gasteiger partial charge is 0.298 e. The van der Waals surface area contributed by atoms with Crippen LogP contribution in [0.5, 0.6) is 0 Å². The molecule has 1 heterocycles. The summed E-state index contributed by atoms with van der Waals surface area (Å²) >= 11 is 0. The van der Waals surface area contributed by atoms with Crippen molar-refractivity contribution in [1.82, 2.24) is 4.90 Å². The Hall–Kier alpha value is -0.370. The Morgan fingerprint density at radius 1 is 1.75 bits per heavy atom. The molecule has 1 fully saturated rings. The Balaban J connectivity index is 2.51. The van der Waals surface area contributed by atoms with Gasteiger partial charge in [-0.3, -0.25) is 9.69 Å². The predicted octanol–water partition coefficient (Wildman–Crippen LogP) is 0.137. The molecule has 0 aromatic heterocycles. The SMILES string of the molecule is CC1CN(C)CC1=O. The Bertz CT molecular complexity index is 111. The second-order valence-corrected chi connectivity index (χ2v) is 2.56. The van der Waals surface area contributed by atoms with Crippen LogP contribution in [0.15, 0.2) is 0 Å². The molecule has 8 heavy (non-hydrogen) atoms. The van der Waals surface area contributed by atoms with Crippen LogP contribution in [-0.2, 0) is 4.79 Å². The normalized spacial score (nSPS) is 31.8. The summed E-state index contributed by atoms with van der Waals surface area (Å²) in [4.78, 5) is 12.8. The zero-order valence-electron chi connectivity index (χ0n) is 5.35. The van der Waals surface area contributed by atoms with Crippen LogP contribution in [0.2, 0.25) is 0 Å². The molecule has 1 aliphatic heterocycles. The van der Waals surface area contributed by atoms with Gasteiger partial charge in [-0.25, -0.2) is 0 Å². The van der Waals surface area contributed by atoms with E-state index in [0.717, 1.165) is 6.54 Å². The van der Waals surface area contributed by atoms with Crippen molar-refractivity contribution in [1.29, 1.82) is 0 Å². The van der Waals surface area contributed by atoms with Crippen LogP contribution < -0.4 is 0 Å². The second-order valence-electron chi connectivity index (χ2n) is 2.56. The molecule has 1 saturated heterocycles. The summed E-state index contributed by atoms with van der Waals surface area (Å²) in [6.45, 7) is 3.58. The number of carbonyl (C=O) groups excluding carboxylic acids is 1. The number of rotatable bonds is 0. The number of likely N-dealkylation sites (tertiary alicyclic amines) is 1. The van der Waals surface area contributed by atoms with Crippen molar-refractivity contribution >= 4 is 5.78 Å². The fourth-order valence-electron chi connectivity index (χ4n) is 1.06. The van der Waals surface area contributed by atoms with Gasteiger partial charge in [0.25, 0.3) is 0 Å². The van der Waals surface area contributed by atoms with Gasteiger partial charge in [-0.1, -0.05) is 6.92 Å². The summed E-state index contributed by atoms with van der Waals surface area (Å²) < 4.78 is 0. The van der Waals surface area contributed by atoms with Gasteiger partial charge >= 0.3 is 0 Å². The minimum Gasteiger partial charge on any atom is -0.298 e. The second kappa shape index (κ2) is 1.86. The van der Waals surface area contributed by atoms with Crippen molar-refractivity contribution < 1.29 is 4.79 Å². The molecule has 0 radical (unpaired) electrons. The Kier molecular flexibility index (Phi) is 1.34. The first-order valence-corrected chi connectivity index (χ1v) is 2.91. The number of likely N-dealkylation sites (N-methyl/N-ethyl adjacent to an activating group) is 1. The van der Waals surface area contributed by atoms with Gasteiger partial charge in [0.05, 0.1) is 6.54 Å². The minimum absolute atomic E-state index is 0.278. The third-order valence-corrected chi connectivity index (χ3v) is 1.56. The zero-order valence-corrected chi connectivity index (χ0v) is 5.35. The molecule has 0 N–H and O–H groups in total. The van der Waals surface area contributed by atoms with E-state index in [1.165, 1.54) is 0 Å². The quantitative estimate of drug-likeness (QED) is 0.445. The monoisotopic (exact) mass is 113 g/mol. The molecular weight excluding hydrogens is 102 g/mol. The first-order chi connectivity index (χ1) is 3.70. The van der Waals surface area contributed by atoms with E-state index in [0.29, 0.717) is 12.3 Å². The molecule has 0 aliphatic carbocycles. The number of carbonyl (C=O) groups is 1. The topological polar surface area (TPSA) is 20.3 Å². The summed E-state index contributed by atoms with van der Waals surface area (Å²) in [6, 6.07) is 0. The molecule has 0 bridgehead atoms. The van der Waals surface area contributed by atoms with Crippen molar-refractivity contribution in [2.45, 2.75) is 6.92 Å². The van der Waals surface area contributed by atoms with Crippen LogP contribution in [-0.4, -0.2) is 30.8 Å². The highest BCUT2D eigenvalue weighted by molar-refractivity contribution is 5.84. The lowest BCUT2D eigenvalue weighted by molar-refractivity contribution is -0.119. The Morgan fingerprint density at radius 2 is 2.38 bits per heavy atom. The number of Topliss-reactive ketones (excluding diaryl/α,β-unsaturated/α-hetero) is 1. The highest BCUT2D eigenvalue weighted by Crippen LogP contribution is 2.07. The van der Waals surface area contributed by atoms with Crippen LogP contribution >= 0.6 is 0 Å². The third-order valence-electron chi connectivity index (χ3n) is 1.56. The van der Waals surface area contributed by atoms with Crippen molar-refractivity contribution in [2.24, 2.45) is 5.92 Å². The first-order valence-electron chi connectivity index (χ1n) is 2.91. The maximum absolute atomic E-state index is 10.7. The molecular formula is C6H11NO. The first kappa shape index (κ1) is 5.76. The van der Waals surface area contributed by atoms with Gasteiger partial charge in [-0.15, -0.1) is 0 Å². The highest BCUT2D eigenvalue weighted by Gasteiger charge is 2.23. The number of ketones is 1. The van der Waals surface area contributed by atoms with E-state index in [2.05, 4.69) is 0 Å². The van der Waals surface area contributed by atoms with E-state index in [9.17, 15) is 4.79 Å². The molecule has 0 aromatic carbocycles. The van der Waals surface area contributed by atoms with Crippen LogP contribution in [0.1, 0.15) is 6.92 Å². The van der Waals surface area contributed by atoms with Gasteiger partial charge in [0.1, 0.15) is 0 Å². The standard InChI is InChI=1S/C6H11NO/c1-5-3-7(2)4-6(5)8/h5H,3-4H2,1-2H3. The lowest BCUT2D eigenvalue weighted by Crippen LogP contribution is -2.13. The molecule has 0 aromatic rings. The summed E-state index contributed by atoms with van der Waals surface area (Å²) in [5, 5.41) is 0. The van der Waals surface area contributed by atoms with Crippen molar-refractivity contribution in [3.63, 3.8) is 0 Å². The molecule has 1 aliphatic rings. The van der Waals surface area contributed by atoms with Gasteiger partial charge in [0, 0.05) is 12.5 Å². The molecule has 0 spiro atoms. The van der Waals surface area contributed by atoms with Crippen LogP contribution in [0.3, 0.4) is 0 Å². The van der Waals surface area contributed by atoms with Gasteiger partial charge in [-0.05, 0) is 7.05 Å². The van der Waals surface area contributed by atoms with Crippen molar-refractivity contribution in [3.05, 3.63) is 0 Å². The van der Waals surface area contributed by atoms with Crippen molar-refractivity contribution in [3.8, 4) is 0 Å². The summed E-state index contributed by atoms with van der Waals surface area (Å²) in [7, 11) is 1.97. The number of hydrogen-bond donors (Lipinski definition) is 0. The third kappa shape index (κ3) is 0.892. The van der Waals surface area contributed by atoms with Crippen molar-refractivity contribution in [2.75, 3.05) is 20.1 Å². The highest BCUT2D eigenvalue weighted by atomic mass is 16.1. The fourth-order valence-corrected chi connectivity index (χ4v) is 1.06. The molecule has 0 saturated carbocycles. The average Bonchev–Trinajstić information content (AvgIpc) is 1.85. The predicted molar refractivity (Wildman–Crippen MR) is 31.7 cm³/mol. The van der Waals surface area contributed by atoms with Crippen LogP contribution in [0.25, 0.3) is 0 Å². The zero-order chi connectivity index (χ0) is 6.15. The lowest BCUT2D eigenvalue weighted by Gasteiger charge is -2.01. The van der Waals surface area contributed by atoms with Crippen LogP contribution in [0.4, 0.5) is 0 Å². The van der Waals surface area contributed by atoms with E-state index in [-0.39, 0.29) is 5.92 Å². The molecule has 2 nitrogen and oxygen atoms in total.